The molecule has 1 aliphatic carbocycles. The minimum Gasteiger partial charge on any atom is -0.454 e. The van der Waals surface area contributed by atoms with Gasteiger partial charge in [-0.15, -0.1) is 0 Å². The first-order chi connectivity index (χ1) is 22.2. The maximum absolute atomic E-state index is 6.57. The largest absolute Gasteiger partial charge is 0.454 e. The summed E-state index contributed by atoms with van der Waals surface area (Å²) in [7, 11) is 0. The van der Waals surface area contributed by atoms with Gasteiger partial charge in [-0.2, -0.15) is 0 Å². The van der Waals surface area contributed by atoms with Crippen molar-refractivity contribution >= 4 is 38.9 Å². The van der Waals surface area contributed by atoms with E-state index in [1.165, 1.54) is 16.6 Å². The normalized spacial score (nSPS) is 14.4. The number of allylic oxidation sites excluding steroid dienone is 1. The van der Waals surface area contributed by atoms with Crippen LogP contribution < -0.4 is 0 Å². The Morgan fingerprint density at radius 1 is 0.600 bits per heavy atom. The zero-order valence-electron chi connectivity index (χ0n) is 24.7. The lowest BCUT2D eigenvalue weighted by Crippen LogP contribution is -2.07. The standard InChI is InChI=1S/C40H28N4O/c1-25-11-10-17-31-32-23-24-33-30-16-8-9-18-34(30)45-37(33)36(32)44(35(25)31)29-21-19-28(20-22-29)40-42-38(26-12-4-2-5-13-26)41-39(43-40)27-14-6-3-7-15-27/h2-10,12-25H,11H2,1H3. The molecule has 0 bridgehead atoms. The lowest BCUT2D eigenvalue weighted by atomic mass is 9.93. The van der Waals surface area contributed by atoms with Crippen molar-refractivity contribution in [2.24, 2.45) is 0 Å². The van der Waals surface area contributed by atoms with E-state index in [2.05, 4.69) is 72.2 Å². The first-order valence-corrected chi connectivity index (χ1v) is 15.4. The van der Waals surface area contributed by atoms with Crippen molar-refractivity contribution < 1.29 is 4.42 Å². The van der Waals surface area contributed by atoms with Gasteiger partial charge in [0.1, 0.15) is 5.58 Å². The number of furan rings is 1. The van der Waals surface area contributed by atoms with E-state index in [-0.39, 0.29) is 0 Å². The first-order valence-electron chi connectivity index (χ1n) is 15.4. The van der Waals surface area contributed by atoms with E-state index in [9.17, 15) is 0 Å². The van der Waals surface area contributed by atoms with Crippen LogP contribution >= 0.6 is 0 Å². The van der Waals surface area contributed by atoms with Gasteiger partial charge >= 0.3 is 0 Å². The minimum absolute atomic E-state index is 0.363. The van der Waals surface area contributed by atoms with Gasteiger partial charge in [0.15, 0.2) is 23.1 Å². The average Bonchev–Trinajstić information content (AvgIpc) is 3.66. The molecule has 1 aliphatic rings. The van der Waals surface area contributed by atoms with Crippen molar-refractivity contribution in [3.05, 3.63) is 139 Å². The van der Waals surface area contributed by atoms with Crippen LogP contribution in [0.15, 0.2) is 132 Å². The summed E-state index contributed by atoms with van der Waals surface area (Å²) in [4.78, 5) is 14.7. The van der Waals surface area contributed by atoms with Crippen molar-refractivity contribution in [3.8, 4) is 39.9 Å². The Morgan fingerprint density at radius 2 is 1.18 bits per heavy atom. The lowest BCUT2D eigenvalue weighted by Gasteiger charge is -2.19. The van der Waals surface area contributed by atoms with Crippen LogP contribution in [0.4, 0.5) is 0 Å². The maximum Gasteiger partial charge on any atom is 0.164 e. The second kappa shape index (κ2) is 10.1. The number of rotatable bonds is 4. The van der Waals surface area contributed by atoms with Crippen LogP contribution in [-0.4, -0.2) is 19.5 Å². The molecule has 0 fully saturated rings. The molecule has 0 N–H and O–H groups in total. The van der Waals surface area contributed by atoms with Crippen LogP contribution in [0.1, 0.15) is 30.5 Å². The van der Waals surface area contributed by atoms with E-state index >= 15 is 0 Å². The minimum atomic E-state index is 0.363. The van der Waals surface area contributed by atoms with E-state index in [4.69, 9.17) is 19.4 Å². The van der Waals surface area contributed by atoms with Gasteiger partial charge < -0.3 is 8.98 Å². The summed E-state index contributed by atoms with van der Waals surface area (Å²) in [6.07, 6.45) is 5.57. The van der Waals surface area contributed by atoms with Gasteiger partial charge in [-0.1, -0.05) is 104 Å². The van der Waals surface area contributed by atoms with Crippen LogP contribution in [-0.2, 0) is 0 Å². The predicted octanol–water partition coefficient (Wildman–Crippen LogP) is 10.2. The number of benzene rings is 5. The Labute approximate surface area is 260 Å². The SMILES string of the molecule is CC1CC=Cc2c1n(-c1ccc(-c3nc(-c4ccccc4)nc(-c4ccccc4)n3)cc1)c1c2ccc2c3ccccc3oc21. The third-order valence-electron chi connectivity index (χ3n) is 8.88. The van der Waals surface area contributed by atoms with E-state index in [1.807, 2.05) is 72.8 Å². The Kier molecular flexibility index (Phi) is 5.78. The van der Waals surface area contributed by atoms with Gasteiger partial charge in [0.25, 0.3) is 0 Å². The average molecular weight is 581 g/mol. The summed E-state index contributed by atoms with van der Waals surface area (Å²) in [5.74, 6) is 2.32. The van der Waals surface area contributed by atoms with Gasteiger partial charge in [0, 0.05) is 55.7 Å². The molecule has 5 heteroatoms. The van der Waals surface area contributed by atoms with Crippen LogP contribution in [0.2, 0.25) is 0 Å². The number of nitrogens with zero attached hydrogens (tertiary/aromatic N) is 4. The number of aromatic nitrogens is 4. The number of hydrogen-bond donors (Lipinski definition) is 0. The summed E-state index contributed by atoms with van der Waals surface area (Å²) < 4.78 is 8.98. The zero-order chi connectivity index (χ0) is 29.9. The number of hydrogen-bond acceptors (Lipinski definition) is 4. The van der Waals surface area contributed by atoms with E-state index in [0.29, 0.717) is 23.4 Å². The summed E-state index contributed by atoms with van der Waals surface area (Å²) in [6, 6.07) is 41.5. The van der Waals surface area contributed by atoms with Gasteiger partial charge in [-0.3, -0.25) is 0 Å². The lowest BCUT2D eigenvalue weighted by molar-refractivity contribution is 0.669. The van der Waals surface area contributed by atoms with Crippen LogP contribution in [0.25, 0.3) is 78.8 Å². The van der Waals surface area contributed by atoms with Gasteiger partial charge in [-0.25, -0.2) is 15.0 Å². The Morgan fingerprint density at radius 3 is 1.84 bits per heavy atom. The topological polar surface area (TPSA) is 56.7 Å². The molecule has 214 valence electrons. The van der Waals surface area contributed by atoms with E-state index in [1.54, 1.807) is 0 Å². The molecular formula is C40H28N4O. The first kappa shape index (κ1) is 25.7. The molecule has 0 aliphatic heterocycles. The molecule has 9 rings (SSSR count). The van der Waals surface area contributed by atoms with Crippen LogP contribution in [0.3, 0.4) is 0 Å². The highest BCUT2D eigenvalue weighted by molar-refractivity contribution is 6.16. The molecule has 0 saturated carbocycles. The van der Waals surface area contributed by atoms with Crippen molar-refractivity contribution in [3.63, 3.8) is 0 Å². The highest BCUT2D eigenvalue weighted by atomic mass is 16.3. The monoisotopic (exact) mass is 580 g/mol. The van der Waals surface area contributed by atoms with Gasteiger partial charge in [0.05, 0.1) is 5.52 Å². The molecule has 3 aromatic heterocycles. The van der Waals surface area contributed by atoms with Crippen molar-refractivity contribution in [1.29, 1.82) is 0 Å². The molecule has 5 aromatic carbocycles. The van der Waals surface area contributed by atoms with E-state index in [0.717, 1.165) is 56.3 Å². The fraction of sp³-hybridized carbons (Fsp3) is 0.0750. The fourth-order valence-electron chi connectivity index (χ4n) is 6.72. The summed E-state index contributed by atoms with van der Waals surface area (Å²) in [5.41, 5.74) is 9.45. The van der Waals surface area contributed by atoms with Gasteiger partial charge in [-0.05, 0) is 42.8 Å². The van der Waals surface area contributed by atoms with Crippen molar-refractivity contribution in [1.82, 2.24) is 19.5 Å². The van der Waals surface area contributed by atoms with Crippen molar-refractivity contribution in [2.45, 2.75) is 19.3 Å². The highest BCUT2D eigenvalue weighted by Crippen LogP contribution is 2.44. The second-order valence-corrected chi connectivity index (χ2v) is 11.7. The summed E-state index contributed by atoms with van der Waals surface area (Å²) >= 11 is 0. The Hall–Kier alpha value is -5.81. The van der Waals surface area contributed by atoms with Gasteiger partial charge in [0.2, 0.25) is 0 Å². The maximum atomic E-state index is 6.57. The Bertz CT molecular complexity index is 2340. The van der Waals surface area contributed by atoms with Crippen molar-refractivity contribution in [2.75, 3.05) is 0 Å². The fourth-order valence-corrected chi connectivity index (χ4v) is 6.72. The molecule has 0 spiro atoms. The Balaban J connectivity index is 1.24. The van der Waals surface area contributed by atoms with Crippen LogP contribution in [0.5, 0.6) is 0 Å². The highest BCUT2D eigenvalue weighted by Gasteiger charge is 2.26. The molecule has 0 radical (unpaired) electrons. The summed E-state index contributed by atoms with van der Waals surface area (Å²) in [5, 5.41) is 3.48. The molecule has 1 unspecified atom stereocenters. The smallest absolute Gasteiger partial charge is 0.164 e. The molecule has 1 atom stereocenters. The third kappa shape index (κ3) is 4.12. The molecule has 0 saturated heterocycles. The van der Waals surface area contributed by atoms with Crippen LogP contribution in [0, 0.1) is 0 Å². The summed E-state index contributed by atoms with van der Waals surface area (Å²) in [6.45, 7) is 2.31. The molecular weight excluding hydrogens is 552 g/mol. The molecule has 8 aromatic rings. The molecule has 0 amide bonds. The van der Waals surface area contributed by atoms with E-state index < -0.39 is 0 Å². The quantitative estimate of drug-likeness (QED) is 0.208. The third-order valence-corrected chi connectivity index (χ3v) is 8.88. The molecule has 3 heterocycles. The zero-order valence-corrected chi connectivity index (χ0v) is 24.7. The number of para-hydroxylation sites is 1. The number of fused-ring (bicyclic) bond motifs is 7. The predicted molar refractivity (Wildman–Crippen MR) is 182 cm³/mol. The molecule has 45 heavy (non-hydrogen) atoms. The second-order valence-electron chi connectivity index (χ2n) is 11.7. The molecule has 5 nitrogen and oxygen atoms in total.